The van der Waals surface area contributed by atoms with Crippen molar-refractivity contribution in [2.45, 2.75) is 50.7 Å². The predicted octanol–water partition coefficient (Wildman–Crippen LogP) is 5.35. The van der Waals surface area contributed by atoms with Gasteiger partial charge in [0.1, 0.15) is 5.58 Å². The van der Waals surface area contributed by atoms with Crippen LogP contribution in [0.5, 0.6) is 0 Å². The van der Waals surface area contributed by atoms with E-state index in [9.17, 15) is 4.79 Å². The van der Waals surface area contributed by atoms with Crippen LogP contribution in [0, 0.1) is 13.8 Å². The van der Waals surface area contributed by atoms with Crippen molar-refractivity contribution in [2.75, 3.05) is 14.1 Å². The standard InChI is InChI=1S/C26H30N4O2S/c1-6-22(29(4)5)25-27-28-26(30(25)15-19-10-8-7-9-11-19)33-16-20-14-23(31)32-24-18(3)17(2)12-13-21(20)24/h7-14,22H,6,15-16H2,1-5H3. The summed E-state index contributed by atoms with van der Waals surface area (Å²) in [5.74, 6) is 1.56. The highest BCUT2D eigenvalue weighted by molar-refractivity contribution is 7.98. The van der Waals surface area contributed by atoms with Crippen LogP contribution in [-0.4, -0.2) is 33.8 Å². The zero-order valence-corrected chi connectivity index (χ0v) is 20.6. The molecule has 2 heterocycles. The monoisotopic (exact) mass is 462 g/mol. The van der Waals surface area contributed by atoms with E-state index < -0.39 is 0 Å². The Labute approximate surface area is 198 Å². The van der Waals surface area contributed by atoms with E-state index in [-0.39, 0.29) is 11.7 Å². The van der Waals surface area contributed by atoms with Gasteiger partial charge in [-0.15, -0.1) is 10.2 Å². The lowest BCUT2D eigenvalue weighted by molar-refractivity contribution is 0.272. The van der Waals surface area contributed by atoms with Gasteiger partial charge in [-0.1, -0.05) is 61.2 Å². The molecule has 1 unspecified atom stereocenters. The summed E-state index contributed by atoms with van der Waals surface area (Å²) in [7, 11) is 4.14. The normalized spacial score (nSPS) is 12.5. The average Bonchev–Trinajstić information content (AvgIpc) is 3.18. The second-order valence-electron chi connectivity index (χ2n) is 8.56. The first kappa shape index (κ1) is 23.3. The summed E-state index contributed by atoms with van der Waals surface area (Å²) in [6, 6.07) is 16.2. The Balaban J connectivity index is 1.71. The van der Waals surface area contributed by atoms with Gasteiger partial charge in [0.05, 0.1) is 12.6 Å². The van der Waals surface area contributed by atoms with Crippen LogP contribution in [0.3, 0.4) is 0 Å². The van der Waals surface area contributed by atoms with Crippen LogP contribution in [-0.2, 0) is 12.3 Å². The molecule has 0 saturated carbocycles. The number of benzene rings is 2. The zero-order chi connectivity index (χ0) is 23.5. The third-order valence-electron chi connectivity index (χ3n) is 6.11. The molecule has 0 aliphatic carbocycles. The van der Waals surface area contributed by atoms with E-state index in [1.165, 1.54) is 5.56 Å². The Morgan fingerprint density at radius 1 is 1.09 bits per heavy atom. The fourth-order valence-corrected chi connectivity index (χ4v) is 5.07. The minimum absolute atomic E-state index is 0.172. The fraction of sp³-hybridized carbons (Fsp3) is 0.346. The van der Waals surface area contributed by atoms with Crippen molar-refractivity contribution in [3.63, 3.8) is 0 Å². The number of hydrogen-bond acceptors (Lipinski definition) is 6. The number of fused-ring (bicyclic) bond motifs is 1. The Hall–Kier alpha value is -2.90. The third-order valence-corrected chi connectivity index (χ3v) is 7.13. The molecule has 33 heavy (non-hydrogen) atoms. The van der Waals surface area contributed by atoms with Gasteiger partial charge in [-0.25, -0.2) is 4.79 Å². The Bertz CT molecular complexity index is 1310. The highest BCUT2D eigenvalue weighted by Gasteiger charge is 2.22. The molecule has 7 heteroatoms. The van der Waals surface area contributed by atoms with Gasteiger partial charge in [-0.2, -0.15) is 0 Å². The summed E-state index contributed by atoms with van der Waals surface area (Å²) >= 11 is 1.60. The first-order chi connectivity index (χ1) is 15.9. The molecule has 0 bridgehead atoms. The first-order valence-electron chi connectivity index (χ1n) is 11.2. The lowest BCUT2D eigenvalue weighted by atomic mass is 10.0. The van der Waals surface area contributed by atoms with Crippen LogP contribution in [0.1, 0.15) is 47.5 Å². The summed E-state index contributed by atoms with van der Waals surface area (Å²) in [6.07, 6.45) is 0.938. The largest absolute Gasteiger partial charge is 0.422 e. The van der Waals surface area contributed by atoms with Crippen molar-refractivity contribution in [3.05, 3.63) is 87.0 Å². The molecule has 0 aliphatic heterocycles. The molecule has 0 radical (unpaired) electrons. The molecule has 0 amide bonds. The Morgan fingerprint density at radius 2 is 1.85 bits per heavy atom. The molecule has 0 spiro atoms. The topological polar surface area (TPSA) is 64.2 Å². The summed E-state index contributed by atoms with van der Waals surface area (Å²) in [4.78, 5) is 14.5. The van der Waals surface area contributed by atoms with Crippen molar-refractivity contribution in [3.8, 4) is 0 Å². The van der Waals surface area contributed by atoms with Crippen molar-refractivity contribution < 1.29 is 4.42 Å². The Morgan fingerprint density at radius 3 is 2.55 bits per heavy atom. The van der Waals surface area contributed by atoms with Crippen molar-refractivity contribution in [1.29, 1.82) is 0 Å². The minimum Gasteiger partial charge on any atom is -0.422 e. The quantitative estimate of drug-likeness (QED) is 0.260. The van der Waals surface area contributed by atoms with E-state index in [4.69, 9.17) is 4.42 Å². The first-order valence-corrected chi connectivity index (χ1v) is 12.2. The third kappa shape index (κ3) is 4.89. The number of nitrogens with zero attached hydrogens (tertiary/aromatic N) is 4. The van der Waals surface area contributed by atoms with Gasteiger partial charge < -0.3 is 8.98 Å². The van der Waals surface area contributed by atoms with Crippen LogP contribution in [0.4, 0.5) is 0 Å². The molecule has 172 valence electrons. The van der Waals surface area contributed by atoms with E-state index in [1.807, 2.05) is 26.0 Å². The molecule has 4 aromatic rings. The second-order valence-corrected chi connectivity index (χ2v) is 9.51. The van der Waals surface area contributed by atoms with Crippen LogP contribution >= 0.6 is 11.8 Å². The molecule has 0 aliphatic rings. The molecular formula is C26H30N4O2S. The molecule has 4 rings (SSSR count). The number of aryl methyl sites for hydroxylation is 2. The van der Waals surface area contributed by atoms with Gasteiger partial charge in [-0.05, 0) is 56.6 Å². The molecule has 0 saturated heterocycles. The second kappa shape index (κ2) is 9.93. The highest BCUT2D eigenvalue weighted by atomic mass is 32.2. The van der Waals surface area contributed by atoms with E-state index in [2.05, 4.69) is 71.0 Å². The van der Waals surface area contributed by atoms with Crippen LogP contribution in [0.25, 0.3) is 11.0 Å². The van der Waals surface area contributed by atoms with Gasteiger partial charge in [0, 0.05) is 17.2 Å². The van der Waals surface area contributed by atoms with Crippen LogP contribution < -0.4 is 5.63 Å². The minimum atomic E-state index is -0.322. The average molecular weight is 463 g/mol. The summed E-state index contributed by atoms with van der Waals surface area (Å²) in [5, 5.41) is 11.0. The summed E-state index contributed by atoms with van der Waals surface area (Å²) in [6.45, 7) is 6.88. The number of hydrogen-bond donors (Lipinski definition) is 0. The molecule has 6 nitrogen and oxygen atoms in total. The molecular weight excluding hydrogens is 432 g/mol. The van der Waals surface area contributed by atoms with E-state index in [1.54, 1.807) is 17.8 Å². The van der Waals surface area contributed by atoms with Gasteiger partial charge in [0.25, 0.3) is 0 Å². The molecule has 0 fully saturated rings. The molecule has 2 aromatic heterocycles. The number of aromatic nitrogens is 3. The van der Waals surface area contributed by atoms with Gasteiger partial charge in [0.2, 0.25) is 0 Å². The predicted molar refractivity (Wildman–Crippen MR) is 134 cm³/mol. The van der Waals surface area contributed by atoms with Gasteiger partial charge in [-0.3, -0.25) is 4.90 Å². The Kier molecular flexibility index (Phi) is 7.00. The number of thioether (sulfide) groups is 1. The van der Waals surface area contributed by atoms with Gasteiger partial charge in [0.15, 0.2) is 11.0 Å². The van der Waals surface area contributed by atoms with E-state index in [0.717, 1.165) is 39.5 Å². The highest BCUT2D eigenvalue weighted by Crippen LogP contribution is 2.31. The maximum atomic E-state index is 12.3. The molecule has 0 N–H and O–H groups in total. The summed E-state index contributed by atoms with van der Waals surface area (Å²) < 4.78 is 7.75. The van der Waals surface area contributed by atoms with Crippen LogP contribution in [0.2, 0.25) is 0 Å². The molecule has 2 aromatic carbocycles. The summed E-state index contributed by atoms with van der Waals surface area (Å²) in [5.41, 5.74) is 4.61. The van der Waals surface area contributed by atoms with Crippen molar-refractivity contribution in [2.24, 2.45) is 0 Å². The lowest BCUT2D eigenvalue weighted by Crippen LogP contribution is -2.23. The van der Waals surface area contributed by atoms with E-state index >= 15 is 0 Å². The maximum absolute atomic E-state index is 12.3. The lowest BCUT2D eigenvalue weighted by Gasteiger charge is -2.23. The fourth-order valence-electron chi connectivity index (χ4n) is 4.13. The van der Waals surface area contributed by atoms with Crippen molar-refractivity contribution in [1.82, 2.24) is 19.7 Å². The number of rotatable bonds is 8. The van der Waals surface area contributed by atoms with Crippen LogP contribution in [0.15, 0.2) is 62.9 Å². The smallest absolute Gasteiger partial charge is 0.336 e. The molecule has 1 atom stereocenters. The SMILES string of the molecule is CCC(c1nnc(SCc2cc(=O)oc3c(C)c(C)ccc23)n1Cc1ccccc1)N(C)C. The zero-order valence-electron chi connectivity index (χ0n) is 19.8. The van der Waals surface area contributed by atoms with Gasteiger partial charge >= 0.3 is 5.63 Å². The van der Waals surface area contributed by atoms with E-state index in [0.29, 0.717) is 17.9 Å². The maximum Gasteiger partial charge on any atom is 0.336 e. The van der Waals surface area contributed by atoms with Crippen molar-refractivity contribution >= 4 is 22.7 Å².